The molecule has 1 aliphatic carbocycles. The van der Waals surface area contributed by atoms with Crippen molar-refractivity contribution in [1.29, 1.82) is 0 Å². The number of nitrogens with zero attached hydrogens (tertiary/aromatic N) is 1. The van der Waals surface area contributed by atoms with Crippen LogP contribution >= 0.6 is 0 Å². The fourth-order valence-electron chi connectivity index (χ4n) is 4.24. The smallest absolute Gasteiger partial charge is 0.0994 e. The molecule has 0 spiro atoms. The van der Waals surface area contributed by atoms with Gasteiger partial charge >= 0.3 is 0 Å². The van der Waals surface area contributed by atoms with Gasteiger partial charge in [-0.3, -0.25) is 4.90 Å². The van der Waals surface area contributed by atoms with Gasteiger partial charge in [-0.2, -0.15) is 0 Å². The minimum absolute atomic E-state index is 0.293. The minimum Gasteiger partial charge on any atom is -0.392 e. The molecular weight excluding hydrogens is 292 g/mol. The number of ether oxygens (including phenoxy) is 2. The average molecular weight is 316 g/mol. The highest BCUT2D eigenvalue weighted by Gasteiger charge is 2.40. The number of H-pyrrole nitrogens is 1. The molecule has 1 fully saturated rings. The molecule has 23 heavy (non-hydrogen) atoms. The van der Waals surface area contributed by atoms with Crippen molar-refractivity contribution in [3.05, 3.63) is 35.5 Å². The molecule has 5 nitrogen and oxygen atoms in total. The molecule has 2 heterocycles. The summed E-state index contributed by atoms with van der Waals surface area (Å²) >= 11 is 0. The normalized spacial score (nSPS) is 27.3. The number of aromatic amines is 1. The van der Waals surface area contributed by atoms with Crippen LogP contribution in [0.1, 0.15) is 23.5 Å². The Hall–Kier alpha value is -1.40. The van der Waals surface area contributed by atoms with E-state index in [0.29, 0.717) is 38.4 Å². The number of aliphatic hydroxyl groups excluding tert-OH is 1. The fraction of sp³-hybridized carbons (Fsp3) is 0.556. The Kier molecular flexibility index (Phi) is 4.11. The lowest BCUT2D eigenvalue weighted by Crippen LogP contribution is -2.52. The lowest BCUT2D eigenvalue weighted by Gasteiger charge is -2.45. The van der Waals surface area contributed by atoms with E-state index in [1.165, 1.54) is 22.0 Å². The highest BCUT2D eigenvalue weighted by Crippen LogP contribution is 2.43. The van der Waals surface area contributed by atoms with Gasteiger partial charge in [0, 0.05) is 42.7 Å². The first kappa shape index (κ1) is 15.1. The summed E-state index contributed by atoms with van der Waals surface area (Å²) in [6.07, 6.45) is 3.70. The van der Waals surface area contributed by atoms with E-state index in [0.717, 1.165) is 12.8 Å². The van der Waals surface area contributed by atoms with Gasteiger partial charge in [0.25, 0.3) is 0 Å². The molecule has 4 rings (SSSR count). The topological polar surface area (TPSA) is 57.7 Å². The van der Waals surface area contributed by atoms with Gasteiger partial charge in [0.05, 0.1) is 26.0 Å². The maximum absolute atomic E-state index is 10.3. The highest BCUT2D eigenvalue weighted by atomic mass is 16.5. The Morgan fingerprint density at radius 1 is 1.35 bits per heavy atom. The summed E-state index contributed by atoms with van der Waals surface area (Å²) in [5.74, 6) is 0.372. The number of aromatic nitrogens is 1. The Balaban J connectivity index is 1.60. The molecule has 5 heteroatoms. The number of piperidine rings is 1. The third-order valence-electron chi connectivity index (χ3n) is 5.24. The van der Waals surface area contributed by atoms with Crippen LogP contribution in [0.15, 0.2) is 24.4 Å². The van der Waals surface area contributed by atoms with Crippen LogP contribution in [0.2, 0.25) is 0 Å². The zero-order valence-electron chi connectivity index (χ0n) is 13.5. The molecule has 1 aliphatic heterocycles. The molecule has 2 aliphatic rings. The molecule has 1 saturated heterocycles. The second-order valence-electron chi connectivity index (χ2n) is 6.65. The summed E-state index contributed by atoms with van der Waals surface area (Å²) < 4.78 is 10.8. The van der Waals surface area contributed by atoms with Gasteiger partial charge in [-0.25, -0.2) is 0 Å². The Bertz CT molecular complexity index is 684. The van der Waals surface area contributed by atoms with Gasteiger partial charge < -0.3 is 19.6 Å². The molecule has 1 aromatic carbocycles. The quantitative estimate of drug-likeness (QED) is 0.827. The van der Waals surface area contributed by atoms with E-state index < -0.39 is 0 Å². The fourth-order valence-corrected chi connectivity index (χ4v) is 4.24. The van der Waals surface area contributed by atoms with Crippen molar-refractivity contribution in [1.82, 2.24) is 9.88 Å². The van der Waals surface area contributed by atoms with Crippen LogP contribution in [-0.2, 0) is 15.9 Å². The van der Waals surface area contributed by atoms with E-state index in [2.05, 4.69) is 34.3 Å². The first-order valence-corrected chi connectivity index (χ1v) is 8.35. The van der Waals surface area contributed by atoms with Crippen molar-refractivity contribution >= 4 is 10.9 Å². The molecule has 1 aromatic heterocycles. The van der Waals surface area contributed by atoms with Crippen LogP contribution in [0.5, 0.6) is 0 Å². The van der Waals surface area contributed by atoms with E-state index >= 15 is 0 Å². The van der Waals surface area contributed by atoms with Crippen LogP contribution in [0.25, 0.3) is 10.9 Å². The maximum Gasteiger partial charge on any atom is 0.0994 e. The minimum atomic E-state index is -0.293. The van der Waals surface area contributed by atoms with Gasteiger partial charge in [0.1, 0.15) is 0 Å². The van der Waals surface area contributed by atoms with Gasteiger partial charge in [-0.05, 0) is 30.0 Å². The average Bonchev–Trinajstić information content (AvgIpc) is 2.97. The first-order chi connectivity index (χ1) is 11.3. The third-order valence-corrected chi connectivity index (χ3v) is 5.24. The molecule has 0 bridgehead atoms. The van der Waals surface area contributed by atoms with Crippen molar-refractivity contribution in [2.45, 2.75) is 30.9 Å². The highest BCUT2D eigenvalue weighted by molar-refractivity contribution is 5.88. The monoisotopic (exact) mass is 316 g/mol. The predicted octanol–water partition coefficient (Wildman–Crippen LogP) is 1.86. The third kappa shape index (κ3) is 2.68. The number of likely N-dealkylation sites (tertiary alicyclic amines) is 1. The van der Waals surface area contributed by atoms with E-state index in [1.807, 2.05) is 0 Å². The zero-order chi connectivity index (χ0) is 15.8. The largest absolute Gasteiger partial charge is 0.392 e. The van der Waals surface area contributed by atoms with Gasteiger partial charge in [0.15, 0.2) is 0 Å². The summed E-state index contributed by atoms with van der Waals surface area (Å²) in [6, 6.07) is 6.86. The van der Waals surface area contributed by atoms with Crippen LogP contribution in [0, 0.1) is 0 Å². The number of hydrogen-bond donors (Lipinski definition) is 2. The van der Waals surface area contributed by atoms with E-state index in [-0.39, 0.29) is 6.10 Å². The summed E-state index contributed by atoms with van der Waals surface area (Å²) in [6.45, 7) is 2.43. The lowest BCUT2D eigenvalue weighted by molar-refractivity contribution is -0.0618. The van der Waals surface area contributed by atoms with Crippen LogP contribution < -0.4 is 0 Å². The summed E-state index contributed by atoms with van der Waals surface area (Å²) in [4.78, 5) is 5.68. The molecular formula is C18H24N2O3. The number of methoxy groups -OCH3 is 1. The molecule has 2 aromatic rings. The number of rotatable bonds is 5. The van der Waals surface area contributed by atoms with Crippen molar-refractivity contribution in [2.75, 3.05) is 33.6 Å². The number of hydrogen-bond acceptors (Lipinski definition) is 4. The van der Waals surface area contributed by atoms with Crippen LogP contribution in [-0.4, -0.2) is 60.7 Å². The molecule has 0 saturated carbocycles. The predicted molar refractivity (Wildman–Crippen MR) is 88.6 cm³/mol. The molecule has 0 radical (unpaired) electrons. The van der Waals surface area contributed by atoms with Crippen molar-refractivity contribution in [3.8, 4) is 0 Å². The molecule has 1 unspecified atom stereocenters. The standard InChI is InChI=1S/C18H24N2O3/c1-22-5-6-23-11-20-10-13(21)8-15-14-3-2-4-16-18(14)12(9-19-16)7-17(15)20/h2-4,9,13,15,17,19,21H,5-8,10-11H2,1H3/t13-,15?,17-/m1/s1. The second-order valence-corrected chi connectivity index (χ2v) is 6.65. The Morgan fingerprint density at radius 2 is 2.26 bits per heavy atom. The van der Waals surface area contributed by atoms with Crippen molar-refractivity contribution in [3.63, 3.8) is 0 Å². The molecule has 0 amide bonds. The number of β-amino-alcohol motifs (C(OH)–C–C–N with tert-alkyl or cyclic N) is 1. The summed E-state index contributed by atoms with van der Waals surface area (Å²) in [5.41, 5.74) is 3.96. The van der Waals surface area contributed by atoms with Gasteiger partial charge in [-0.15, -0.1) is 0 Å². The van der Waals surface area contributed by atoms with Crippen LogP contribution in [0.3, 0.4) is 0 Å². The molecule has 3 atom stereocenters. The van der Waals surface area contributed by atoms with Gasteiger partial charge in [-0.1, -0.05) is 12.1 Å². The first-order valence-electron chi connectivity index (χ1n) is 8.35. The van der Waals surface area contributed by atoms with Gasteiger partial charge in [0.2, 0.25) is 0 Å². The SMILES string of the molecule is COCCOCN1C[C@H](O)CC2c3cccc4[nH]cc(c34)C[C@H]21. The van der Waals surface area contributed by atoms with E-state index in [4.69, 9.17) is 9.47 Å². The maximum atomic E-state index is 10.3. The summed E-state index contributed by atoms with van der Waals surface area (Å²) in [7, 11) is 1.68. The number of benzene rings is 1. The van der Waals surface area contributed by atoms with Crippen LogP contribution in [0.4, 0.5) is 0 Å². The Labute approximate surface area is 136 Å². The Morgan fingerprint density at radius 3 is 3.13 bits per heavy atom. The number of aliphatic hydroxyl groups is 1. The number of nitrogens with one attached hydrogen (secondary N) is 1. The molecule has 124 valence electrons. The van der Waals surface area contributed by atoms with E-state index in [1.54, 1.807) is 7.11 Å². The van der Waals surface area contributed by atoms with E-state index in [9.17, 15) is 5.11 Å². The van der Waals surface area contributed by atoms with Crippen molar-refractivity contribution < 1.29 is 14.6 Å². The zero-order valence-corrected chi connectivity index (χ0v) is 13.5. The molecule has 2 N–H and O–H groups in total. The number of fused-ring (bicyclic) bond motifs is 2. The van der Waals surface area contributed by atoms with Crippen molar-refractivity contribution in [2.24, 2.45) is 0 Å². The summed E-state index contributed by atoms with van der Waals surface area (Å²) in [5, 5.41) is 11.7. The lowest BCUT2D eigenvalue weighted by atomic mass is 9.74. The second kappa shape index (κ2) is 6.24.